The van der Waals surface area contributed by atoms with Gasteiger partial charge < -0.3 is 4.90 Å². The minimum Gasteiger partial charge on any atom is -0.0602 e. The van der Waals surface area contributed by atoms with Gasteiger partial charge in [0.2, 0.25) is 0 Å². The van der Waals surface area contributed by atoms with E-state index in [0.717, 1.165) is 34.1 Å². The van der Waals surface area contributed by atoms with Gasteiger partial charge in [-0.05, 0) is 24.3 Å². The van der Waals surface area contributed by atoms with Crippen molar-refractivity contribution >= 4 is 65.0 Å². The van der Waals surface area contributed by atoms with E-state index in [1.807, 2.05) is 0 Å². The first-order chi connectivity index (χ1) is 28.3. The average Bonchev–Trinajstić information content (AvgIpc) is 3.30. The van der Waals surface area contributed by atoms with Gasteiger partial charge in [0.1, 0.15) is 0 Å². The van der Waals surface area contributed by atoms with E-state index in [-0.39, 0.29) is 0 Å². The minimum atomic E-state index is -3.32. The predicted molar refractivity (Wildman–Crippen MR) is 245 cm³/mol. The summed E-state index contributed by atoms with van der Waals surface area (Å²) in [6.45, 7) is 0. The van der Waals surface area contributed by atoms with Crippen LogP contribution in [0.1, 0.15) is 0 Å². The first kappa shape index (κ1) is 35.8. The van der Waals surface area contributed by atoms with Crippen molar-refractivity contribution in [2.24, 2.45) is 0 Å². The molecule has 0 aliphatic heterocycles. The molecule has 2 nitrogen and oxygen atoms in total. The summed E-state index contributed by atoms with van der Waals surface area (Å²) < 4.78 is 5.69. The standard InChI is InChI=1S/C54H42GeN2/c1-7-19-45(20-8-1)55(46-21-9-2-10-22-46,47-23-11-3-12-24-47)48-35-31-43(32-36-48)44-33-37-52(38-34-44)57(51-29-17-6-18-30-51)54-41-39-53(40-42-54)56(49-25-13-4-14-26-49)50-27-15-5-16-28-50/h1-42H. The fourth-order valence-corrected chi connectivity index (χ4v) is 18.1. The summed E-state index contributed by atoms with van der Waals surface area (Å²) in [7, 11) is 0. The van der Waals surface area contributed by atoms with Crippen molar-refractivity contribution in [1.29, 1.82) is 0 Å². The second kappa shape index (κ2) is 16.5. The number of hydrogen-bond acceptors (Lipinski definition) is 2. The maximum absolute atomic E-state index is 3.32. The van der Waals surface area contributed by atoms with Gasteiger partial charge in [-0.2, -0.15) is 0 Å². The molecular formula is C54H42GeN2. The molecule has 9 aromatic carbocycles. The topological polar surface area (TPSA) is 6.48 Å². The van der Waals surface area contributed by atoms with Crippen LogP contribution in [-0.2, 0) is 0 Å². The Bertz CT molecular complexity index is 2480. The van der Waals surface area contributed by atoms with E-state index in [0.29, 0.717) is 0 Å². The number of benzene rings is 9. The van der Waals surface area contributed by atoms with Crippen LogP contribution in [0.2, 0.25) is 0 Å². The average molecular weight is 792 g/mol. The molecule has 0 atom stereocenters. The third-order valence-corrected chi connectivity index (χ3v) is 20.9. The predicted octanol–water partition coefficient (Wildman–Crippen LogP) is 11.7. The van der Waals surface area contributed by atoms with Crippen molar-refractivity contribution in [2.45, 2.75) is 0 Å². The van der Waals surface area contributed by atoms with E-state index in [1.54, 1.807) is 0 Å². The summed E-state index contributed by atoms with van der Waals surface area (Å²) in [4.78, 5) is 4.62. The fourth-order valence-electron chi connectivity index (χ4n) is 8.16. The molecule has 0 saturated carbocycles. The number of nitrogens with zero attached hydrogens (tertiary/aromatic N) is 2. The summed E-state index contributed by atoms with van der Waals surface area (Å²) in [6.07, 6.45) is 0. The van der Waals surface area contributed by atoms with Crippen LogP contribution in [0.15, 0.2) is 255 Å². The first-order valence-electron chi connectivity index (χ1n) is 19.5. The van der Waals surface area contributed by atoms with Crippen LogP contribution in [0.4, 0.5) is 34.1 Å². The zero-order valence-electron chi connectivity index (χ0n) is 31.6. The molecule has 3 heteroatoms. The smallest absolute Gasteiger partial charge is 0.0602 e. The van der Waals surface area contributed by atoms with Crippen LogP contribution in [0.5, 0.6) is 0 Å². The van der Waals surface area contributed by atoms with E-state index in [1.165, 1.54) is 28.7 Å². The van der Waals surface area contributed by atoms with Crippen LogP contribution in [0, 0.1) is 0 Å². The summed E-state index contributed by atoms with van der Waals surface area (Å²) in [5.41, 5.74) is 9.03. The van der Waals surface area contributed by atoms with E-state index in [4.69, 9.17) is 0 Å². The second-order valence-electron chi connectivity index (χ2n) is 14.2. The van der Waals surface area contributed by atoms with Crippen LogP contribution in [0.25, 0.3) is 11.1 Å². The number of rotatable bonds is 11. The quantitative estimate of drug-likeness (QED) is 0.120. The van der Waals surface area contributed by atoms with Crippen molar-refractivity contribution in [3.05, 3.63) is 255 Å². The van der Waals surface area contributed by atoms with Crippen LogP contribution in [-0.4, -0.2) is 13.3 Å². The maximum atomic E-state index is 2.39. The molecule has 0 amide bonds. The Morgan fingerprint density at radius 2 is 0.404 bits per heavy atom. The SMILES string of the molecule is c1ccc(N(c2ccccc2)c2ccc(N(c3ccccc3)c3ccc(-c4cc[c]([Ge]([c]5ccccc5)([c]5ccccc5)[c]5ccccc5)cc4)cc3)cc2)cc1. The van der Waals surface area contributed by atoms with Gasteiger partial charge in [0, 0.05) is 17.1 Å². The van der Waals surface area contributed by atoms with Gasteiger partial charge in [-0.3, -0.25) is 0 Å². The number of para-hydroxylation sites is 3. The molecule has 9 aromatic rings. The Hall–Kier alpha value is -6.88. The van der Waals surface area contributed by atoms with Crippen molar-refractivity contribution in [2.75, 3.05) is 9.80 Å². The summed E-state index contributed by atoms with van der Waals surface area (Å²) in [5, 5.41) is 0. The third kappa shape index (κ3) is 7.20. The third-order valence-electron chi connectivity index (χ3n) is 10.8. The molecule has 0 bridgehead atoms. The van der Waals surface area contributed by atoms with Crippen molar-refractivity contribution in [3.8, 4) is 11.1 Å². The van der Waals surface area contributed by atoms with E-state index in [9.17, 15) is 0 Å². The van der Waals surface area contributed by atoms with Crippen molar-refractivity contribution in [3.63, 3.8) is 0 Å². The molecule has 0 heterocycles. The van der Waals surface area contributed by atoms with Gasteiger partial charge in [-0.15, -0.1) is 0 Å². The summed E-state index contributed by atoms with van der Waals surface area (Å²) in [6, 6.07) is 92.5. The van der Waals surface area contributed by atoms with Crippen LogP contribution in [0.3, 0.4) is 0 Å². The van der Waals surface area contributed by atoms with Gasteiger partial charge in [0.15, 0.2) is 0 Å². The number of hydrogen-bond donors (Lipinski definition) is 0. The zero-order valence-corrected chi connectivity index (χ0v) is 33.7. The molecule has 0 aliphatic carbocycles. The summed E-state index contributed by atoms with van der Waals surface area (Å²) >= 11 is -3.32. The molecule has 0 N–H and O–H groups in total. The molecule has 272 valence electrons. The van der Waals surface area contributed by atoms with Crippen molar-refractivity contribution < 1.29 is 0 Å². The van der Waals surface area contributed by atoms with Crippen LogP contribution >= 0.6 is 0 Å². The minimum absolute atomic E-state index is 1.09. The Morgan fingerprint density at radius 3 is 0.702 bits per heavy atom. The Kier molecular flexibility index (Phi) is 10.3. The fraction of sp³-hybridized carbons (Fsp3) is 0. The molecule has 57 heavy (non-hydrogen) atoms. The van der Waals surface area contributed by atoms with Gasteiger partial charge in [0.05, 0.1) is 0 Å². The molecule has 9 rings (SSSR count). The Balaban J connectivity index is 1.06. The van der Waals surface area contributed by atoms with E-state index < -0.39 is 13.3 Å². The first-order valence-corrected chi connectivity index (χ1v) is 23.7. The summed E-state index contributed by atoms with van der Waals surface area (Å²) in [5.74, 6) is 0. The molecule has 0 saturated heterocycles. The molecule has 0 radical (unpaired) electrons. The van der Waals surface area contributed by atoms with Gasteiger partial charge >= 0.3 is 252 Å². The molecule has 0 aliphatic rings. The molecular weight excluding hydrogens is 749 g/mol. The Morgan fingerprint density at radius 1 is 0.193 bits per heavy atom. The van der Waals surface area contributed by atoms with E-state index in [2.05, 4.69) is 265 Å². The van der Waals surface area contributed by atoms with Gasteiger partial charge in [0.25, 0.3) is 0 Å². The van der Waals surface area contributed by atoms with Crippen LogP contribution < -0.4 is 27.4 Å². The monoisotopic (exact) mass is 792 g/mol. The normalized spacial score (nSPS) is 11.2. The van der Waals surface area contributed by atoms with Crippen molar-refractivity contribution in [1.82, 2.24) is 0 Å². The molecule has 0 spiro atoms. The number of anilines is 6. The van der Waals surface area contributed by atoms with Gasteiger partial charge in [-0.1, -0.05) is 42.5 Å². The Labute approximate surface area is 339 Å². The second-order valence-corrected chi connectivity index (χ2v) is 22.2. The zero-order chi connectivity index (χ0) is 38.3. The molecule has 0 aromatic heterocycles. The van der Waals surface area contributed by atoms with E-state index >= 15 is 0 Å². The van der Waals surface area contributed by atoms with Gasteiger partial charge in [-0.25, -0.2) is 0 Å². The molecule has 0 fully saturated rings. The molecule has 0 unspecified atom stereocenters.